The van der Waals surface area contributed by atoms with Gasteiger partial charge in [-0.25, -0.2) is 4.98 Å². The zero-order valence-corrected chi connectivity index (χ0v) is 14.1. The number of rotatable bonds is 5. The van der Waals surface area contributed by atoms with Crippen molar-refractivity contribution in [1.82, 2.24) is 10.3 Å². The number of anilines is 1. The number of nitrogens with one attached hydrogen (secondary N) is 2. The Hall–Kier alpha value is -2.11. The summed E-state index contributed by atoms with van der Waals surface area (Å²) in [5.74, 6) is -0.191. The van der Waals surface area contributed by atoms with E-state index in [9.17, 15) is 9.59 Å². The number of amides is 1. The van der Waals surface area contributed by atoms with E-state index in [0.717, 1.165) is 0 Å². The number of ether oxygens (including phenoxy) is 1. The van der Waals surface area contributed by atoms with Crippen LogP contribution in [0.15, 0.2) is 12.1 Å². The number of carbonyl (C=O) groups excluding carboxylic acids is 2. The summed E-state index contributed by atoms with van der Waals surface area (Å²) in [7, 11) is 0. The molecule has 0 bridgehead atoms. The average Bonchev–Trinajstić information content (AvgIpc) is 2.61. The Labute approximate surface area is 142 Å². The van der Waals surface area contributed by atoms with Gasteiger partial charge in [-0.2, -0.15) is 0 Å². The fourth-order valence-corrected chi connectivity index (χ4v) is 3.44. The minimum Gasteiger partial charge on any atom is -0.478 e. The number of hydrogen-bond donors (Lipinski definition) is 2. The normalized spacial score (nSPS) is 20.9. The number of nitrogens with zero attached hydrogens (tertiary/aromatic N) is 1. The van der Waals surface area contributed by atoms with Gasteiger partial charge in [0.15, 0.2) is 5.78 Å². The molecule has 1 aliphatic heterocycles. The Morgan fingerprint density at radius 3 is 2.88 bits per heavy atom. The van der Waals surface area contributed by atoms with Gasteiger partial charge in [0, 0.05) is 19.2 Å². The molecule has 6 heteroatoms. The number of aromatic nitrogens is 1. The van der Waals surface area contributed by atoms with Crippen molar-refractivity contribution < 1.29 is 14.3 Å². The van der Waals surface area contributed by atoms with Crippen molar-refractivity contribution in [1.29, 1.82) is 0 Å². The summed E-state index contributed by atoms with van der Waals surface area (Å²) in [5, 5.41) is 6.10. The molecular formula is C18H25N3O3. The summed E-state index contributed by atoms with van der Waals surface area (Å²) in [5.41, 5.74) is 0.963. The van der Waals surface area contributed by atoms with Gasteiger partial charge in [-0.15, -0.1) is 0 Å². The van der Waals surface area contributed by atoms with E-state index < -0.39 is 5.92 Å². The monoisotopic (exact) mass is 331 g/mol. The first-order valence-corrected chi connectivity index (χ1v) is 8.88. The summed E-state index contributed by atoms with van der Waals surface area (Å²) in [4.78, 5) is 29.3. The van der Waals surface area contributed by atoms with Gasteiger partial charge in [-0.1, -0.05) is 19.3 Å². The van der Waals surface area contributed by atoms with Gasteiger partial charge < -0.3 is 15.4 Å². The molecule has 130 valence electrons. The van der Waals surface area contributed by atoms with Gasteiger partial charge in [0.25, 0.3) is 0 Å². The summed E-state index contributed by atoms with van der Waals surface area (Å²) >= 11 is 0. The van der Waals surface area contributed by atoms with E-state index in [4.69, 9.17) is 4.74 Å². The lowest BCUT2D eigenvalue weighted by Gasteiger charge is -2.26. The maximum absolute atomic E-state index is 12.6. The van der Waals surface area contributed by atoms with E-state index in [0.29, 0.717) is 42.9 Å². The Balaban J connectivity index is 1.63. The second-order valence-electron chi connectivity index (χ2n) is 6.53. The lowest BCUT2D eigenvalue weighted by atomic mass is 9.89. The molecule has 24 heavy (non-hydrogen) atoms. The second-order valence-corrected chi connectivity index (χ2v) is 6.53. The van der Waals surface area contributed by atoms with Crippen LogP contribution in [0.5, 0.6) is 5.88 Å². The predicted octanol–water partition coefficient (Wildman–Crippen LogP) is 2.40. The van der Waals surface area contributed by atoms with E-state index >= 15 is 0 Å². The second kappa shape index (κ2) is 7.64. The van der Waals surface area contributed by atoms with Gasteiger partial charge in [-0.05, 0) is 31.7 Å². The predicted molar refractivity (Wildman–Crippen MR) is 91.3 cm³/mol. The Bertz CT molecular complexity index is 612. The van der Waals surface area contributed by atoms with Crippen molar-refractivity contribution in [3.8, 4) is 5.88 Å². The Morgan fingerprint density at radius 2 is 2.12 bits per heavy atom. The van der Waals surface area contributed by atoms with Crippen LogP contribution in [-0.4, -0.2) is 36.4 Å². The molecule has 3 rings (SSSR count). The van der Waals surface area contributed by atoms with E-state index in [-0.39, 0.29) is 11.7 Å². The molecule has 2 N–H and O–H groups in total. The van der Waals surface area contributed by atoms with Crippen molar-refractivity contribution in [3.63, 3.8) is 0 Å². The summed E-state index contributed by atoms with van der Waals surface area (Å²) in [6.07, 6.45) is 6.10. The molecule has 2 aliphatic rings. The van der Waals surface area contributed by atoms with Crippen LogP contribution >= 0.6 is 0 Å². The molecular weight excluding hydrogens is 306 g/mol. The zero-order valence-electron chi connectivity index (χ0n) is 14.1. The van der Waals surface area contributed by atoms with Gasteiger partial charge in [0.05, 0.1) is 12.3 Å². The molecule has 1 aromatic heterocycles. The van der Waals surface area contributed by atoms with Crippen LogP contribution < -0.4 is 15.4 Å². The van der Waals surface area contributed by atoms with Crippen molar-refractivity contribution in [3.05, 3.63) is 17.8 Å². The topological polar surface area (TPSA) is 80.3 Å². The molecule has 1 saturated carbocycles. The summed E-state index contributed by atoms with van der Waals surface area (Å²) in [6.45, 7) is 3.33. The number of hydrogen-bond acceptors (Lipinski definition) is 5. The van der Waals surface area contributed by atoms with Crippen molar-refractivity contribution in [2.24, 2.45) is 11.8 Å². The van der Waals surface area contributed by atoms with Gasteiger partial charge in [-0.3, -0.25) is 9.59 Å². The molecule has 1 amide bonds. The standard InChI is InChI=1S/C18H25N3O3/c1-2-24-15-9-8-14-16(21-15)17(22)13(11-19-14)18(23)20-10-12-6-4-3-5-7-12/h8-9,12-13,19H,2-7,10-11H2,1H3,(H,20,23). The van der Waals surface area contributed by atoms with Gasteiger partial charge in [0.2, 0.25) is 11.8 Å². The molecule has 2 heterocycles. The largest absolute Gasteiger partial charge is 0.478 e. The fraction of sp³-hybridized carbons (Fsp3) is 0.611. The lowest BCUT2D eigenvalue weighted by molar-refractivity contribution is -0.123. The molecule has 6 nitrogen and oxygen atoms in total. The SMILES string of the molecule is CCOc1ccc2c(n1)C(=O)C(C(=O)NCC1CCCCC1)CN2. The van der Waals surface area contributed by atoms with Crippen molar-refractivity contribution in [2.45, 2.75) is 39.0 Å². The third kappa shape index (κ3) is 3.68. The van der Waals surface area contributed by atoms with Crippen molar-refractivity contribution in [2.75, 3.05) is 25.0 Å². The van der Waals surface area contributed by atoms with Crippen LogP contribution in [0.3, 0.4) is 0 Å². The van der Waals surface area contributed by atoms with Crippen LogP contribution in [0.2, 0.25) is 0 Å². The van der Waals surface area contributed by atoms with E-state index in [1.165, 1.54) is 32.1 Å². The molecule has 0 radical (unpaired) electrons. The fourth-order valence-electron chi connectivity index (χ4n) is 3.44. The third-order valence-corrected chi connectivity index (χ3v) is 4.81. The van der Waals surface area contributed by atoms with Crippen LogP contribution in [0.4, 0.5) is 5.69 Å². The first-order chi connectivity index (χ1) is 11.7. The molecule has 0 saturated heterocycles. The summed E-state index contributed by atoms with van der Waals surface area (Å²) < 4.78 is 5.35. The third-order valence-electron chi connectivity index (χ3n) is 4.81. The zero-order chi connectivity index (χ0) is 16.9. The number of ketones is 1. The highest BCUT2D eigenvalue weighted by Crippen LogP contribution is 2.26. The van der Waals surface area contributed by atoms with Crippen LogP contribution in [0.1, 0.15) is 49.5 Å². The Kier molecular flexibility index (Phi) is 5.33. The molecule has 1 unspecified atom stereocenters. The van der Waals surface area contributed by atoms with Crippen LogP contribution in [0, 0.1) is 11.8 Å². The molecule has 0 spiro atoms. The quantitative estimate of drug-likeness (QED) is 0.810. The maximum atomic E-state index is 12.6. The molecule has 1 atom stereocenters. The highest BCUT2D eigenvalue weighted by Gasteiger charge is 2.34. The van der Waals surface area contributed by atoms with Crippen LogP contribution in [0.25, 0.3) is 0 Å². The Morgan fingerprint density at radius 1 is 1.33 bits per heavy atom. The molecule has 0 aromatic carbocycles. The lowest BCUT2D eigenvalue weighted by Crippen LogP contribution is -2.44. The molecule has 1 aromatic rings. The smallest absolute Gasteiger partial charge is 0.232 e. The highest BCUT2D eigenvalue weighted by atomic mass is 16.5. The number of Topliss-reactive ketones (excluding diaryl/α,β-unsaturated/α-hetero) is 1. The molecule has 1 fully saturated rings. The van der Waals surface area contributed by atoms with Crippen molar-refractivity contribution >= 4 is 17.4 Å². The minimum atomic E-state index is -0.717. The van der Waals surface area contributed by atoms with E-state index in [1.54, 1.807) is 12.1 Å². The van der Waals surface area contributed by atoms with E-state index in [1.807, 2.05) is 6.92 Å². The highest BCUT2D eigenvalue weighted by molar-refractivity contribution is 6.13. The maximum Gasteiger partial charge on any atom is 0.232 e. The minimum absolute atomic E-state index is 0.202. The number of carbonyl (C=O) groups is 2. The van der Waals surface area contributed by atoms with Gasteiger partial charge >= 0.3 is 0 Å². The first-order valence-electron chi connectivity index (χ1n) is 8.88. The molecule has 1 aliphatic carbocycles. The number of fused-ring (bicyclic) bond motifs is 1. The first kappa shape index (κ1) is 16.7. The average molecular weight is 331 g/mol. The number of pyridine rings is 1. The van der Waals surface area contributed by atoms with E-state index in [2.05, 4.69) is 15.6 Å². The van der Waals surface area contributed by atoms with Gasteiger partial charge in [0.1, 0.15) is 11.6 Å². The summed E-state index contributed by atoms with van der Waals surface area (Å²) in [6, 6.07) is 3.51. The van der Waals surface area contributed by atoms with Crippen LogP contribution in [-0.2, 0) is 4.79 Å².